The number of piperidine rings is 1. The van der Waals surface area contributed by atoms with E-state index in [1.54, 1.807) is 42.5 Å². The van der Waals surface area contributed by atoms with Crippen molar-refractivity contribution in [3.63, 3.8) is 0 Å². The number of carbonyl (C=O) groups is 2. The molecular weight excluding hydrogens is 473 g/mol. The first-order chi connectivity index (χ1) is 15.7. The van der Waals surface area contributed by atoms with Crippen molar-refractivity contribution >= 4 is 40.7 Å². The largest absolute Gasteiger partial charge is 0.507 e. The van der Waals surface area contributed by atoms with Crippen molar-refractivity contribution in [1.29, 1.82) is 0 Å². The SMILES string of the molecule is O=C1C[C@@H](c2cccc(Cl)c2)[C@]2(C(=O)Nc3cc(Cl)ccc32)[C@H](c2c(O)ccc(F)c2F)N1. The maximum absolute atomic E-state index is 15.1. The third-order valence-electron chi connectivity index (χ3n) is 6.40. The van der Waals surface area contributed by atoms with Crippen LogP contribution in [0.4, 0.5) is 14.5 Å². The third kappa shape index (κ3) is 3.18. The summed E-state index contributed by atoms with van der Waals surface area (Å²) < 4.78 is 29.4. The summed E-state index contributed by atoms with van der Waals surface area (Å²) in [6.07, 6.45) is -0.121. The summed E-state index contributed by atoms with van der Waals surface area (Å²) in [6.45, 7) is 0. The normalized spacial score (nSPS) is 23.9. The molecule has 1 fully saturated rings. The number of carbonyl (C=O) groups excluding carboxylic acids is 2. The van der Waals surface area contributed by atoms with Crippen LogP contribution in [0.1, 0.15) is 35.1 Å². The van der Waals surface area contributed by atoms with Gasteiger partial charge in [-0.25, -0.2) is 8.78 Å². The molecule has 9 heteroatoms. The number of benzene rings is 3. The minimum atomic E-state index is -1.62. The van der Waals surface area contributed by atoms with Gasteiger partial charge in [-0.15, -0.1) is 0 Å². The predicted octanol–water partition coefficient (Wildman–Crippen LogP) is 5.21. The van der Waals surface area contributed by atoms with Crippen molar-refractivity contribution in [2.24, 2.45) is 0 Å². The number of nitrogens with one attached hydrogen (secondary N) is 2. The molecule has 0 unspecified atom stereocenters. The molecule has 33 heavy (non-hydrogen) atoms. The molecule has 2 aliphatic heterocycles. The van der Waals surface area contributed by atoms with Crippen LogP contribution in [0.5, 0.6) is 5.75 Å². The van der Waals surface area contributed by atoms with E-state index in [1.807, 2.05) is 0 Å². The topological polar surface area (TPSA) is 78.4 Å². The van der Waals surface area contributed by atoms with Gasteiger partial charge in [0, 0.05) is 28.1 Å². The first kappa shape index (κ1) is 21.7. The molecule has 5 nitrogen and oxygen atoms in total. The Bertz CT molecular complexity index is 1330. The van der Waals surface area contributed by atoms with E-state index in [1.165, 1.54) is 0 Å². The molecular formula is C24H16Cl2F2N2O3. The van der Waals surface area contributed by atoms with Crippen LogP contribution in [0.25, 0.3) is 0 Å². The second-order valence-electron chi connectivity index (χ2n) is 8.12. The lowest BCUT2D eigenvalue weighted by Gasteiger charge is -2.46. The number of halogens is 4. The first-order valence-electron chi connectivity index (χ1n) is 10.1. The van der Waals surface area contributed by atoms with E-state index < -0.39 is 52.1 Å². The summed E-state index contributed by atoms with van der Waals surface area (Å²) in [5, 5.41) is 16.7. The second kappa shape index (κ2) is 7.71. The monoisotopic (exact) mass is 488 g/mol. The van der Waals surface area contributed by atoms with E-state index in [4.69, 9.17) is 23.2 Å². The summed E-state index contributed by atoms with van der Waals surface area (Å²) in [7, 11) is 0. The molecule has 0 bridgehead atoms. The van der Waals surface area contributed by atoms with Gasteiger partial charge in [0.05, 0.1) is 11.6 Å². The molecule has 3 aromatic rings. The standard InChI is InChI=1S/C24H16Cl2F2N2O3/c25-12-3-1-2-11(8-12)15-10-19(32)30-22(20-18(31)7-6-16(27)21(20)28)24(15)14-5-4-13(26)9-17(14)29-23(24)33/h1-9,15,22,31H,10H2,(H,29,33)(H,30,32)/t15-,22-,24-/m0/s1. The number of aromatic hydroxyl groups is 1. The number of anilines is 1. The molecule has 2 heterocycles. The molecule has 5 rings (SSSR count). The Balaban J connectivity index is 1.86. The van der Waals surface area contributed by atoms with Crippen LogP contribution in [-0.4, -0.2) is 16.9 Å². The van der Waals surface area contributed by atoms with Gasteiger partial charge in [0.25, 0.3) is 0 Å². The van der Waals surface area contributed by atoms with Crippen molar-refractivity contribution in [2.45, 2.75) is 23.8 Å². The Morgan fingerprint density at radius 1 is 1.00 bits per heavy atom. The fraction of sp³-hybridized carbons (Fsp3) is 0.167. The van der Waals surface area contributed by atoms with Gasteiger partial charge in [-0.3, -0.25) is 9.59 Å². The van der Waals surface area contributed by atoms with Gasteiger partial charge in [-0.05, 0) is 47.5 Å². The van der Waals surface area contributed by atoms with E-state index >= 15 is 4.39 Å². The Labute approximate surface area is 197 Å². The lowest BCUT2D eigenvalue weighted by Crippen LogP contribution is -2.57. The van der Waals surface area contributed by atoms with E-state index in [9.17, 15) is 19.1 Å². The second-order valence-corrected chi connectivity index (χ2v) is 8.99. The lowest BCUT2D eigenvalue weighted by molar-refractivity contribution is -0.131. The smallest absolute Gasteiger partial charge is 0.238 e. The van der Waals surface area contributed by atoms with Gasteiger partial charge in [-0.1, -0.05) is 41.4 Å². The molecule has 0 aromatic heterocycles. The highest BCUT2D eigenvalue weighted by atomic mass is 35.5. The molecule has 0 radical (unpaired) electrons. The number of hydrogen-bond donors (Lipinski definition) is 3. The lowest BCUT2D eigenvalue weighted by atomic mass is 9.59. The number of fused-ring (bicyclic) bond motifs is 2. The summed E-state index contributed by atoms with van der Waals surface area (Å²) in [4.78, 5) is 26.6. The van der Waals surface area contributed by atoms with Crippen LogP contribution in [0.15, 0.2) is 54.6 Å². The van der Waals surface area contributed by atoms with Gasteiger partial charge in [0.15, 0.2) is 11.6 Å². The van der Waals surface area contributed by atoms with Crippen LogP contribution in [0.2, 0.25) is 10.0 Å². The molecule has 3 atom stereocenters. The quantitative estimate of drug-likeness (QED) is 0.463. The van der Waals surface area contributed by atoms with Crippen molar-refractivity contribution in [2.75, 3.05) is 5.32 Å². The highest BCUT2D eigenvalue weighted by Crippen LogP contribution is 2.58. The zero-order valence-electron chi connectivity index (χ0n) is 16.8. The molecule has 0 saturated carbocycles. The van der Waals surface area contributed by atoms with E-state index in [-0.39, 0.29) is 6.42 Å². The van der Waals surface area contributed by atoms with E-state index in [2.05, 4.69) is 10.6 Å². The molecule has 1 spiro atoms. The zero-order chi connectivity index (χ0) is 23.5. The summed E-state index contributed by atoms with van der Waals surface area (Å²) >= 11 is 12.3. The van der Waals surface area contributed by atoms with Gasteiger partial charge in [0.1, 0.15) is 11.2 Å². The highest BCUT2D eigenvalue weighted by Gasteiger charge is 2.62. The number of hydrogen-bond acceptors (Lipinski definition) is 3. The van der Waals surface area contributed by atoms with Crippen molar-refractivity contribution < 1.29 is 23.5 Å². The summed E-state index contributed by atoms with van der Waals surface area (Å²) in [6, 6.07) is 11.8. The fourth-order valence-electron chi connectivity index (χ4n) is 5.08. The average Bonchev–Trinajstić information content (AvgIpc) is 3.04. The van der Waals surface area contributed by atoms with Gasteiger partial charge < -0.3 is 15.7 Å². The maximum atomic E-state index is 15.1. The molecule has 3 N–H and O–H groups in total. The van der Waals surface area contributed by atoms with Crippen LogP contribution >= 0.6 is 23.2 Å². The number of phenolic OH excluding ortho intramolecular Hbond substituents is 1. The minimum Gasteiger partial charge on any atom is -0.507 e. The molecule has 0 aliphatic carbocycles. The Morgan fingerprint density at radius 2 is 1.76 bits per heavy atom. The molecule has 3 aromatic carbocycles. The summed E-state index contributed by atoms with van der Waals surface area (Å²) in [5.74, 6) is -4.99. The van der Waals surface area contributed by atoms with Gasteiger partial charge in [-0.2, -0.15) is 0 Å². The Hall–Kier alpha value is -3.16. The van der Waals surface area contributed by atoms with Crippen LogP contribution in [0, 0.1) is 11.6 Å². The number of rotatable bonds is 2. The maximum Gasteiger partial charge on any atom is 0.238 e. The van der Waals surface area contributed by atoms with E-state index in [0.29, 0.717) is 26.9 Å². The number of amides is 2. The van der Waals surface area contributed by atoms with E-state index in [0.717, 1.165) is 12.1 Å². The van der Waals surface area contributed by atoms with Crippen molar-refractivity contribution in [3.8, 4) is 5.75 Å². The molecule has 1 saturated heterocycles. The Kier molecular flexibility index (Phi) is 5.06. The third-order valence-corrected chi connectivity index (χ3v) is 6.87. The van der Waals surface area contributed by atoms with Gasteiger partial charge >= 0.3 is 0 Å². The first-order valence-corrected chi connectivity index (χ1v) is 10.8. The van der Waals surface area contributed by atoms with Crippen molar-refractivity contribution in [3.05, 3.63) is 93.0 Å². The zero-order valence-corrected chi connectivity index (χ0v) is 18.3. The minimum absolute atomic E-state index is 0.121. The Morgan fingerprint density at radius 3 is 2.52 bits per heavy atom. The predicted molar refractivity (Wildman–Crippen MR) is 119 cm³/mol. The number of phenols is 1. The average molecular weight is 489 g/mol. The van der Waals surface area contributed by atoms with Crippen LogP contribution in [0.3, 0.4) is 0 Å². The van der Waals surface area contributed by atoms with Crippen molar-refractivity contribution in [1.82, 2.24) is 5.32 Å². The summed E-state index contributed by atoms with van der Waals surface area (Å²) in [5.41, 5.74) is -0.735. The highest BCUT2D eigenvalue weighted by molar-refractivity contribution is 6.31. The van der Waals surface area contributed by atoms with Gasteiger partial charge in [0.2, 0.25) is 11.8 Å². The van der Waals surface area contributed by atoms with Crippen LogP contribution < -0.4 is 10.6 Å². The fourth-order valence-corrected chi connectivity index (χ4v) is 5.45. The molecule has 2 aliphatic rings. The van der Waals surface area contributed by atoms with Crippen LogP contribution in [-0.2, 0) is 15.0 Å². The molecule has 168 valence electrons. The molecule has 2 amide bonds.